The fraction of sp³-hybridized carbons (Fsp3) is 0.538. The van der Waals surface area contributed by atoms with Crippen LogP contribution in [0.3, 0.4) is 0 Å². The van der Waals surface area contributed by atoms with Crippen molar-refractivity contribution in [1.29, 1.82) is 0 Å². The van der Waals surface area contributed by atoms with Crippen LogP contribution < -0.4 is 4.90 Å². The molecule has 15 heavy (non-hydrogen) atoms. The Hall–Kier alpha value is -1.02. The minimum atomic E-state index is -0.315. The van der Waals surface area contributed by atoms with Crippen LogP contribution >= 0.6 is 0 Å². The van der Waals surface area contributed by atoms with Crippen molar-refractivity contribution in [2.75, 3.05) is 11.9 Å². The van der Waals surface area contributed by atoms with E-state index in [-0.39, 0.29) is 6.10 Å². The van der Waals surface area contributed by atoms with Crippen molar-refractivity contribution in [2.45, 2.75) is 38.3 Å². The molecule has 1 atom stereocenters. The van der Waals surface area contributed by atoms with Gasteiger partial charge >= 0.3 is 0 Å². The van der Waals surface area contributed by atoms with Crippen molar-refractivity contribution in [2.24, 2.45) is 0 Å². The number of aliphatic hydroxyl groups excluding tert-OH is 1. The summed E-state index contributed by atoms with van der Waals surface area (Å²) in [5, 5.41) is 9.67. The normalized spacial score (nSPS) is 17.5. The van der Waals surface area contributed by atoms with Gasteiger partial charge in [0.15, 0.2) is 0 Å². The summed E-state index contributed by atoms with van der Waals surface area (Å²) >= 11 is 0. The molecule has 1 aromatic rings. The number of hydrogen-bond donors (Lipinski definition) is 1. The average molecular weight is 205 g/mol. The molecular weight excluding hydrogens is 186 g/mol. The second-order valence-electron chi connectivity index (χ2n) is 4.36. The Balaban J connectivity index is 2.09. The molecule has 0 radical (unpaired) electrons. The van der Waals surface area contributed by atoms with Crippen LogP contribution in [0.1, 0.15) is 37.9 Å². The zero-order valence-corrected chi connectivity index (χ0v) is 9.48. The van der Waals surface area contributed by atoms with Crippen LogP contribution in [0.4, 0.5) is 5.69 Å². The van der Waals surface area contributed by atoms with Crippen LogP contribution in [-0.2, 0) is 0 Å². The number of hydrogen-bond acceptors (Lipinski definition) is 2. The summed E-state index contributed by atoms with van der Waals surface area (Å²) in [6.07, 6.45) is 3.09. The molecule has 1 aromatic carbocycles. The van der Waals surface area contributed by atoms with Crippen LogP contribution in [0.25, 0.3) is 0 Å². The van der Waals surface area contributed by atoms with Gasteiger partial charge in [-0.05, 0) is 37.0 Å². The van der Waals surface area contributed by atoms with Crippen molar-refractivity contribution in [3.8, 4) is 0 Å². The fourth-order valence-electron chi connectivity index (χ4n) is 1.84. The van der Waals surface area contributed by atoms with Crippen LogP contribution in [0.15, 0.2) is 24.3 Å². The summed E-state index contributed by atoms with van der Waals surface area (Å²) in [4.78, 5) is 2.32. The predicted octanol–water partition coefficient (Wildman–Crippen LogP) is 2.73. The molecule has 2 heteroatoms. The number of anilines is 1. The minimum absolute atomic E-state index is 0.315. The highest BCUT2D eigenvalue weighted by Gasteiger charge is 2.26. The Morgan fingerprint density at radius 2 is 1.93 bits per heavy atom. The lowest BCUT2D eigenvalue weighted by Crippen LogP contribution is -2.19. The van der Waals surface area contributed by atoms with Crippen LogP contribution in [0, 0.1) is 0 Å². The van der Waals surface area contributed by atoms with E-state index in [1.54, 1.807) is 0 Å². The van der Waals surface area contributed by atoms with E-state index in [0.29, 0.717) is 0 Å². The van der Waals surface area contributed by atoms with Gasteiger partial charge in [-0.25, -0.2) is 0 Å². The molecule has 0 saturated heterocycles. The Morgan fingerprint density at radius 3 is 2.40 bits per heavy atom. The van der Waals surface area contributed by atoms with Gasteiger partial charge in [0.2, 0.25) is 0 Å². The SMILES string of the molecule is CC[C@H](O)c1ccc(N(C)C2CC2)cc1. The second-order valence-corrected chi connectivity index (χ2v) is 4.36. The number of rotatable bonds is 4. The quantitative estimate of drug-likeness (QED) is 0.817. The first-order valence-electron chi connectivity index (χ1n) is 5.73. The molecule has 0 heterocycles. The first-order valence-corrected chi connectivity index (χ1v) is 5.73. The second kappa shape index (κ2) is 4.23. The number of benzene rings is 1. The van der Waals surface area contributed by atoms with Gasteiger partial charge < -0.3 is 10.0 Å². The van der Waals surface area contributed by atoms with Gasteiger partial charge in [-0.1, -0.05) is 19.1 Å². The Kier molecular flexibility index (Phi) is 2.96. The van der Waals surface area contributed by atoms with E-state index >= 15 is 0 Å². The molecule has 82 valence electrons. The van der Waals surface area contributed by atoms with E-state index in [0.717, 1.165) is 18.0 Å². The largest absolute Gasteiger partial charge is 0.388 e. The lowest BCUT2D eigenvalue weighted by Gasteiger charge is -2.19. The predicted molar refractivity (Wildman–Crippen MR) is 63.1 cm³/mol. The smallest absolute Gasteiger partial charge is 0.0787 e. The minimum Gasteiger partial charge on any atom is -0.388 e. The molecule has 0 aliphatic heterocycles. The van der Waals surface area contributed by atoms with Crippen LogP contribution in [0.2, 0.25) is 0 Å². The lowest BCUT2D eigenvalue weighted by atomic mass is 10.1. The van der Waals surface area contributed by atoms with Crippen molar-refractivity contribution in [1.82, 2.24) is 0 Å². The van der Waals surface area contributed by atoms with Gasteiger partial charge in [0.25, 0.3) is 0 Å². The van der Waals surface area contributed by atoms with Gasteiger partial charge in [0.1, 0.15) is 0 Å². The molecule has 1 fully saturated rings. The summed E-state index contributed by atoms with van der Waals surface area (Å²) in [6, 6.07) is 9.01. The Labute approximate surface area is 91.5 Å². The molecule has 0 aromatic heterocycles. The zero-order chi connectivity index (χ0) is 10.8. The first kappa shape index (κ1) is 10.5. The summed E-state index contributed by atoms with van der Waals surface area (Å²) < 4.78 is 0. The third-order valence-electron chi connectivity index (χ3n) is 3.17. The highest BCUT2D eigenvalue weighted by Crippen LogP contribution is 2.30. The van der Waals surface area contributed by atoms with Gasteiger partial charge in [-0.2, -0.15) is 0 Å². The molecule has 0 amide bonds. The third kappa shape index (κ3) is 2.32. The van der Waals surface area contributed by atoms with Gasteiger partial charge in [-0.3, -0.25) is 0 Å². The van der Waals surface area contributed by atoms with Gasteiger partial charge in [0.05, 0.1) is 6.10 Å². The highest BCUT2D eigenvalue weighted by atomic mass is 16.3. The summed E-state index contributed by atoms with van der Waals surface area (Å²) in [5.74, 6) is 0. The van der Waals surface area contributed by atoms with E-state index < -0.39 is 0 Å². The molecule has 0 spiro atoms. The van der Waals surface area contributed by atoms with Gasteiger partial charge in [0, 0.05) is 18.8 Å². The van der Waals surface area contributed by atoms with Crippen molar-refractivity contribution < 1.29 is 5.11 Å². The van der Waals surface area contributed by atoms with Gasteiger partial charge in [-0.15, -0.1) is 0 Å². The number of aliphatic hydroxyl groups is 1. The lowest BCUT2D eigenvalue weighted by molar-refractivity contribution is 0.173. The molecule has 1 saturated carbocycles. The third-order valence-corrected chi connectivity index (χ3v) is 3.17. The standard InChI is InChI=1S/C13H19NO/c1-3-13(15)10-4-6-11(7-5-10)14(2)12-8-9-12/h4-7,12-13,15H,3,8-9H2,1-2H3/t13-/m0/s1. The van der Waals surface area contributed by atoms with Crippen LogP contribution in [0.5, 0.6) is 0 Å². The number of nitrogens with zero attached hydrogens (tertiary/aromatic N) is 1. The summed E-state index contributed by atoms with van der Waals surface area (Å²) in [6.45, 7) is 1.99. The summed E-state index contributed by atoms with van der Waals surface area (Å²) in [5.41, 5.74) is 2.27. The molecular formula is C13H19NO. The zero-order valence-electron chi connectivity index (χ0n) is 9.48. The molecule has 0 bridgehead atoms. The molecule has 2 rings (SSSR count). The van der Waals surface area contributed by atoms with E-state index in [1.165, 1.54) is 18.5 Å². The van der Waals surface area contributed by atoms with Crippen molar-refractivity contribution in [3.63, 3.8) is 0 Å². The Morgan fingerprint density at radius 1 is 1.33 bits per heavy atom. The van der Waals surface area contributed by atoms with E-state index in [9.17, 15) is 5.11 Å². The Bertz CT molecular complexity index is 316. The maximum atomic E-state index is 9.67. The van der Waals surface area contributed by atoms with Crippen molar-refractivity contribution >= 4 is 5.69 Å². The maximum absolute atomic E-state index is 9.67. The molecule has 1 N–H and O–H groups in total. The molecule has 1 aliphatic rings. The molecule has 2 nitrogen and oxygen atoms in total. The van der Waals surface area contributed by atoms with E-state index in [1.807, 2.05) is 19.1 Å². The van der Waals surface area contributed by atoms with E-state index in [4.69, 9.17) is 0 Å². The topological polar surface area (TPSA) is 23.5 Å². The molecule has 0 unspecified atom stereocenters. The summed E-state index contributed by atoms with van der Waals surface area (Å²) in [7, 11) is 2.14. The fourth-order valence-corrected chi connectivity index (χ4v) is 1.84. The maximum Gasteiger partial charge on any atom is 0.0787 e. The highest BCUT2D eigenvalue weighted by molar-refractivity contribution is 5.49. The van der Waals surface area contributed by atoms with E-state index in [2.05, 4.69) is 24.1 Å². The first-order chi connectivity index (χ1) is 7.22. The van der Waals surface area contributed by atoms with Crippen LogP contribution in [-0.4, -0.2) is 18.2 Å². The monoisotopic (exact) mass is 205 g/mol. The van der Waals surface area contributed by atoms with Crippen molar-refractivity contribution in [3.05, 3.63) is 29.8 Å². The molecule has 1 aliphatic carbocycles. The average Bonchev–Trinajstić information content (AvgIpc) is 3.11.